The zero-order chi connectivity index (χ0) is 19.5. The van der Waals surface area contributed by atoms with E-state index in [1.165, 1.54) is 4.90 Å². The predicted octanol–water partition coefficient (Wildman–Crippen LogP) is 3.30. The van der Waals surface area contributed by atoms with Crippen molar-refractivity contribution in [1.82, 2.24) is 9.80 Å². The third-order valence-electron chi connectivity index (χ3n) is 5.61. The molecule has 5 heteroatoms. The molecule has 0 aliphatic carbocycles. The first kappa shape index (κ1) is 18.4. The summed E-state index contributed by atoms with van der Waals surface area (Å²) < 4.78 is 0. The number of hydrogen-bond acceptors (Lipinski definition) is 3. The van der Waals surface area contributed by atoms with E-state index in [4.69, 9.17) is 0 Å². The highest BCUT2D eigenvalue weighted by molar-refractivity contribution is 6.22. The van der Waals surface area contributed by atoms with Gasteiger partial charge in [0, 0.05) is 19.5 Å². The van der Waals surface area contributed by atoms with Gasteiger partial charge in [0.25, 0.3) is 11.8 Å². The molecule has 0 spiro atoms. The Morgan fingerprint density at radius 3 is 1.89 bits per heavy atom. The fourth-order valence-electron chi connectivity index (χ4n) is 4.12. The summed E-state index contributed by atoms with van der Waals surface area (Å²) in [5.41, 5.74) is 1.70. The molecule has 28 heavy (non-hydrogen) atoms. The third-order valence-corrected chi connectivity index (χ3v) is 5.61. The quantitative estimate of drug-likeness (QED) is 0.770. The minimum atomic E-state index is -0.812. The highest BCUT2D eigenvalue weighted by Gasteiger charge is 2.43. The highest BCUT2D eigenvalue weighted by atomic mass is 16.2. The number of benzene rings is 2. The van der Waals surface area contributed by atoms with Gasteiger partial charge in [-0.2, -0.15) is 0 Å². The van der Waals surface area contributed by atoms with Gasteiger partial charge >= 0.3 is 0 Å². The van der Waals surface area contributed by atoms with Crippen molar-refractivity contribution in [2.75, 3.05) is 13.1 Å². The molecule has 2 aromatic carbocycles. The first-order valence-corrected chi connectivity index (χ1v) is 9.96. The van der Waals surface area contributed by atoms with Crippen LogP contribution >= 0.6 is 0 Å². The molecular formula is C23H24N2O3. The summed E-state index contributed by atoms with van der Waals surface area (Å²) in [6.45, 7) is 1.38. The standard InChI is InChI=1S/C23H24N2O3/c26-21-18-12-6-7-13-19(18)22(27)25(21)20(16-17-10-4-3-5-11-17)23(28)24-14-8-1-2-9-15-24/h3-7,10-13,20H,1-2,8-9,14-16H2/t20-/m1/s1. The maximum atomic E-state index is 13.5. The summed E-state index contributed by atoms with van der Waals surface area (Å²) in [5, 5.41) is 0. The molecular weight excluding hydrogens is 352 g/mol. The lowest BCUT2D eigenvalue weighted by molar-refractivity contribution is -0.135. The Hall–Kier alpha value is -2.95. The van der Waals surface area contributed by atoms with Crippen LogP contribution in [0.25, 0.3) is 0 Å². The third kappa shape index (κ3) is 3.44. The van der Waals surface area contributed by atoms with Crippen LogP contribution in [0.5, 0.6) is 0 Å². The number of carbonyl (C=O) groups excluding carboxylic acids is 3. The second-order valence-corrected chi connectivity index (χ2v) is 7.47. The molecule has 2 aromatic rings. The van der Waals surface area contributed by atoms with Gasteiger partial charge in [0.2, 0.25) is 5.91 Å². The molecule has 1 atom stereocenters. The molecule has 2 aliphatic rings. The lowest BCUT2D eigenvalue weighted by atomic mass is 10.0. The summed E-state index contributed by atoms with van der Waals surface area (Å²) >= 11 is 0. The van der Waals surface area contributed by atoms with Crippen molar-refractivity contribution in [1.29, 1.82) is 0 Å². The van der Waals surface area contributed by atoms with Crippen molar-refractivity contribution in [2.24, 2.45) is 0 Å². The van der Waals surface area contributed by atoms with Crippen molar-refractivity contribution < 1.29 is 14.4 Å². The van der Waals surface area contributed by atoms with Crippen LogP contribution in [0.15, 0.2) is 54.6 Å². The number of rotatable bonds is 4. The maximum absolute atomic E-state index is 13.5. The zero-order valence-corrected chi connectivity index (χ0v) is 15.8. The zero-order valence-electron chi connectivity index (χ0n) is 15.8. The molecule has 2 heterocycles. The molecule has 0 N–H and O–H groups in total. The van der Waals surface area contributed by atoms with Crippen LogP contribution in [0, 0.1) is 0 Å². The topological polar surface area (TPSA) is 57.7 Å². The van der Waals surface area contributed by atoms with E-state index >= 15 is 0 Å². The Morgan fingerprint density at radius 2 is 1.32 bits per heavy atom. The van der Waals surface area contributed by atoms with Crippen molar-refractivity contribution in [2.45, 2.75) is 38.1 Å². The molecule has 4 rings (SSSR count). The summed E-state index contributed by atoms with van der Waals surface area (Å²) in [4.78, 5) is 42.5. The van der Waals surface area contributed by atoms with Crippen molar-refractivity contribution >= 4 is 17.7 Å². The Balaban J connectivity index is 1.68. The highest BCUT2D eigenvalue weighted by Crippen LogP contribution is 2.27. The number of hydrogen-bond donors (Lipinski definition) is 0. The van der Waals surface area contributed by atoms with E-state index in [0.29, 0.717) is 30.6 Å². The van der Waals surface area contributed by atoms with Crippen molar-refractivity contribution in [3.63, 3.8) is 0 Å². The normalized spacial score (nSPS) is 18.0. The van der Waals surface area contributed by atoms with Crippen LogP contribution in [0.2, 0.25) is 0 Å². The molecule has 3 amide bonds. The van der Waals surface area contributed by atoms with Gasteiger partial charge in [0.15, 0.2) is 0 Å². The first-order chi connectivity index (χ1) is 13.7. The molecule has 5 nitrogen and oxygen atoms in total. The van der Waals surface area contributed by atoms with E-state index in [1.54, 1.807) is 24.3 Å². The van der Waals surface area contributed by atoms with E-state index in [1.807, 2.05) is 35.2 Å². The van der Waals surface area contributed by atoms with Crippen LogP contribution in [0.1, 0.15) is 52.0 Å². The minimum absolute atomic E-state index is 0.125. The molecule has 0 unspecified atom stereocenters. The Morgan fingerprint density at radius 1 is 0.786 bits per heavy atom. The predicted molar refractivity (Wildman–Crippen MR) is 106 cm³/mol. The molecule has 1 saturated heterocycles. The number of carbonyl (C=O) groups is 3. The second-order valence-electron chi connectivity index (χ2n) is 7.47. The minimum Gasteiger partial charge on any atom is -0.341 e. The van der Waals surface area contributed by atoms with Gasteiger partial charge in [-0.25, -0.2) is 0 Å². The fourth-order valence-corrected chi connectivity index (χ4v) is 4.12. The van der Waals surface area contributed by atoms with E-state index < -0.39 is 6.04 Å². The molecule has 0 radical (unpaired) electrons. The van der Waals surface area contributed by atoms with E-state index in [0.717, 1.165) is 31.2 Å². The summed E-state index contributed by atoms with van der Waals surface area (Å²) in [5.74, 6) is -0.866. The van der Waals surface area contributed by atoms with Gasteiger partial charge in [0.1, 0.15) is 6.04 Å². The second kappa shape index (κ2) is 7.97. The number of imide groups is 1. The SMILES string of the molecule is O=C([C@@H](Cc1ccccc1)N1C(=O)c2ccccc2C1=O)N1CCCCCC1. The van der Waals surface area contributed by atoms with Crippen LogP contribution < -0.4 is 0 Å². The first-order valence-electron chi connectivity index (χ1n) is 9.96. The average molecular weight is 376 g/mol. The van der Waals surface area contributed by atoms with E-state index in [2.05, 4.69) is 0 Å². The van der Waals surface area contributed by atoms with Crippen LogP contribution in [-0.4, -0.2) is 46.7 Å². The molecule has 0 bridgehead atoms. The monoisotopic (exact) mass is 376 g/mol. The van der Waals surface area contributed by atoms with Gasteiger partial charge in [0.05, 0.1) is 11.1 Å². The maximum Gasteiger partial charge on any atom is 0.262 e. The van der Waals surface area contributed by atoms with E-state index in [-0.39, 0.29) is 17.7 Å². The summed E-state index contributed by atoms with van der Waals surface area (Å²) in [6.07, 6.45) is 4.49. The fraction of sp³-hybridized carbons (Fsp3) is 0.348. The Kier molecular flexibility index (Phi) is 5.24. The molecule has 144 valence electrons. The summed E-state index contributed by atoms with van der Waals surface area (Å²) in [6, 6.07) is 15.6. The van der Waals surface area contributed by atoms with Gasteiger partial charge < -0.3 is 4.90 Å². The van der Waals surface area contributed by atoms with Gasteiger partial charge in [-0.15, -0.1) is 0 Å². The number of nitrogens with zero attached hydrogens (tertiary/aromatic N) is 2. The smallest absolute Gasteiger partial charge is 0.262 e. The van der Waals surface area contributed by atoms with Crippen LogP contribution in [-0.2, 0) is 11.2 Å². The molecule has 1 fully saturated rings. The lowest BCUT2D eigenvalue weighted by Gasteiger charge is -2.31. The van der Waals surface area contributed by atoms with Gasteiger partial charge in [-0.1, -0.05) is 55.3 Å². The van der Waals surface area contributed by atoms with Crippen molar-refractivity contribution in [3.05, 3.63) is 71.3 Å². The Bertz CT molecular complexity index is 851. The van der Waals surface area contributed by atoms with Crippen LogP contribution in [0.3, 0.4) is 0 Å². The van der Waals surface area contributed by atoms with E-state index in [9.17, 15) is 14.4 Å². The van der Waals surface area contributed by atoms with Gasteiger partial charge in [-0.3, -0.25) is 19.3 Å². The van der Waals surface area contributed by atoms with Crippen LogP contribution in [0.4, 0.5) is 0 Å². The number of amides is 3. The number of fused-ring (bicyclic) bond motifs is 1. The Labute approximate surface area is 164 Å². The van der Waals surface area contributed by atoms with Crippen molar-refractivity contribution in [3.8, 4) is 0 Å². The lowest BCUT2D eigenvalue weighted by Crippen LogP contribution is -2.52. The largest absolute Gasteiger partial charge is 0.341 e. The van der Waals surface area contributed by atoms with Gasteiger partial charge in [-0.05, 0) is 30.5 Å². The molecule has 0 saturated carbocycles. The molecule has 0 aromatic heterocycles. The summed E-state index contributed by atoms with van der Waals surface area (Å²) in [7, 11) is 0. The molecule has 2 aliphatic heterocycles. The average Bonchev–Trinajstić information content (AvgIpc) is 2.91. The number of likely N-dealkylation sites (tertiary alicyclic amines) is 1.